The van der Waals surface area contributed by atoms with E-state index in [1.54, 1.807) is 7.05 Å². The van der Waals surface area contributed by atoms with Gasteiger partial charge in [-0.3, -0.25) is 4.79 Å². The molecule has 0 aliphatic carbocycles. The standard InChI is InChI=1S/C14H20N4O3S/c1-17(12-4-7-22(20,21)10-12)13(19)11-8-15-14(16-9-11)18-5-2-3-6-18/h8-9,12H,2-7,10H2,1H3. The molecule has 0 radical (unpaired) electrons. The first-order valence-corrected chi connectivity index (χ1v) is 9.33. The highest BCUT2D eigenvalue weighted by Crippen LogP contribution is 2.19. The molecule has 2 fully saturated rings. The molecule has 0 spiro atoms. The van der Waals surface area contributed by atoms with E-state index in [1.165, 1.54) is 17.3 Å². The van der Waals surface area contributed by atoms with Gasteiger partial charge in [0.25, 0.3) is 5.91 Å². The van der Waals surface area contributed by atoms with E-state index in [9.17, 15) is 13.2 Å². The van der Waals surface area contributed by atoms with Crippen LogP contribution in [0, 0.1) is 0 Å². The van der Waals surface area contributed by atoms with Crippen LogP contribution in [0.4, 0.5) is 5.95 Å². The highest BCUT2D eigenvalue weighted by atomic mass is 32.2. The average molecular weight is 324 g/mol. The van der Waals surface area contributed by atoms with Gasteiger partial charge in [0.1, 0.15) is 0 Å². The second-order valence-corrected chi connectivity index (χ2v) is 8.17. The molecule has 0 aromatic carbocycles. The van der Waals surface area contributed by atoms with Crippen LogP contribution in [-0.4, -0.2) is 66.9 Å². The summed E-state index contributed by atoms with van der Waals surface area (Å²) in [6.07, 6.45) is 5.84. The molecule has 1 aromatic heterocycles. The van der Waals surface area contributed by atoms with Crippen molar-refractivity contribution in [2.24, 2.45) is 0 Å². The quantitative estimate of drug-likeness (QED) is 0.797. The monoisotopic (exact) mass is 324 g/mol. The van der Waals surface area contributed by atoms with Crippen LogP contribution in [0.5, 0.6) is 0 Å². The van der Waals surface area contributed by atoms with E-state index >= 15 is 0 Å². The molecule has 0 N–H and O–H groups in total. The van der Waals surface area contributed by atoms with Crippen molar-refractivity contribution in [3.05, 3.63) is 18.0 Å². The van der Waals surface area contributed by atoms with E-state index in [4.69, 9.17) is 0 Å². The van der Waals surface area contributed by atoms with E-state index in [-0.39, 0.29) is 23.5 Å². The molecule has 1 aromatic rings. The number of carbonyl (C=O) groups excluding carboxylic acids is 1. The third-order valence-electron chi connectivity index (χ3n) is 4.35. The minimum absolute atomic E-state index is 0.0436. The van der Waals surface area contributed by atoms with Crippen molar-refractivity contribution >= 4 is 21.7 Å². The van der Waals surface area contributed by atoms with E-state index in [1.807, 2.05) is 0 Å². The van der Waals surface area contributed by atoms with Crippen LogP contribution in [0.1, 0.15) is 29.6 Å². The second-order valence-electron chi connectivity index (χ2n) is 5.94. The molecule has 0 bridgehead atoms. The molecule has 120 valence electrons. The summed E-state index contributed by atoms with van der Waals surface area (Å²) in [7, 11) is -1.36. The molecule has 2 aliphatic rings. The molecule has 8 heteroatoms. The molecule has 7 nitrogen and oxygen atoms in total. The number of hydrogen-bond donors (Lipinski definition) is 0. The predicted octanol–water partition coefficient (Wildman–Crippen LogP) is 0.336. The lowest BCUT2D eigenvalue weighted by Crippen LogP contribution is -2.38. The number of rotatable bonds is 3. The molecule has 0 saturated carbocycles. The average Bonchev–Trinajstić information content (AvgIpc) is 3.15. The van der Waals surface area contributed by atoms with E-state index in [0.29, 0.717) is 17.9 Å². The fourth-order valence-electron chi connectivity index (χ4n) is 2.96. The zero-order chi connectivity index (χ0) is 15.7. The van der Waals surface area contributed by atoms with Gasteiger partial charge in [0, 0.05) is 38.6 Å². The molecular formula is C14H20N4O3S. The largest absolute Gasteiger partial charge is 0.341 e. The smallest absolute Gasteiger partial charge is 0.257 e. The van der Waals surface area contributed by atoms with Crippen LogP contribution in [0.3, 0.4) is 0 Å². The normalized spacial score (nSPS) is 23.7. The summed E-state index contributed by atoms with van der Waals surface area (Å²) in [6, 6.07) is -0.254. The molecule has 3 rings (SSSR count). The number of hydrogen-bond acceptors (Lipinski definition) is 6. The summed E-state index contributed by atoms with van der Waals surface area (Å²) in [6.45, 7) is 1.90. The number of carbonyl (C=O) groups is 1. The Morgan fingerprint density at radius 3 is 2.45 bits per heavy atom. The summed E-state index contributed by atoms with van der Waals surface area (Å²) in [5.41, 5.74) is 0.398. The van der Waals surface area contributed by atoms with Crippen LogP contribution in [0.2, 0.25) is 0 Å². The third kappa shape index (κ3) is 3.06. The minimum Gasteiger partial charge on any atom is -0.341 e. The lowest BCUT2D eigenvalue weighted by molar-refractivity contribution is 0.0747. The summed E-state index contributed by atoms with van der Waals surface area (Å²) in [5.74, 6) is 0.622. The van der Waals surface area contributed by atoms with Crippen molar-refractivity contribution in [3.8, 4) is 0 Å². The van der Waals surface area contributed by atoms with E-state index in [0.717, 1.165) is 25.9 Å². The molecule has 1 amide bonds. The highest BCUT2D eigenvalue weighted by molar-refractivity contribution is 7.91. The highest BCUT2D eigenvalue weighted by Gasteiger charge is 2.33. The number of aromatic nitrogens is 2. The number of nitrogens with zero attached hydrogens (tertiary/aromatic N) is 4. The van der Waals surface area contributed by atoms with Gasteiger partial charge in [-0.05, 0) is 19.3 Å². The van der Waals surface area contributed by atoms with Gasteiger partial charge >= 0.3 is 0 Å². The van der Waals surface area contributed by atoms with Crippen molar-refractivity contribution in [1.82, 2.24) is 14.9 Å². The zero-order valence-corrected chi connectivity index (χ0v) is 13.4. The van der Waals surface area contributed by atoms with Crippen molar-refractivity contribution in [2.45, 2.75) is 25.3 Å². The van der Waals surface area contributed by atoms with Crippen LogP contribution < -0.4 is 4.90 Å². The van der Waals surface area contributed by atoms with Crippen LogP contribution in [0.15, 0.2) is 12.4 Å². The first kappa shape index (κ1) is 15.2. The van der Waals surface area contributed by atoms with Crippen LogP contribution in [0.25, 0.3) is 0 Å². The molecule has 2 saturated heterocycles. The van der Waals surface area contributed by atoms with Crippen LogP contribution in [-0.2, 0) is 9.84 Å². The Balaban J connectivity index is 1.69. The van der Waals surface area contributed by atoms with Gasteiger partial charge in [-0.25, -0.2) is 18.4 Å². The van der Waals surface area contributed by atoms with E-state index < -0.39 is 9.84 Å². The SMILES string of the molecule is CN(C(=O)c1cnc(N2CCCC2)nc1)C1CCS(=O)(=O)C1. The lowest BCUT2D eigenvalue weighted by Gasteiger charge is -2.23. The maximum absolute atomic E-state index is 12.4. The summed E-state index contributed by atoms with van der Waals surface area (Å²) >= 11 is 0. The summed E-state index contributed by atoms with van der Waals surface area (Å²) in [5, 5.41) is 0. The Hall–Kier alpha value is -1.70. The fourth-order valence-corrected chi connectivity index (χ4v) is 4.74. The third-order valence-corrected chi connectivity index (χ3v) is 6.10. The van der Waals surface area contributed by atoms with Gasteiger partial charge in [0.2, 0.25) is 5.95 Å². The van der Waals surface area contributed by atoms with E-state index in [2.05, 4.69) is 14.9 Å². The van der Waals surface area contributed by atoms with Gasteiger partial charge < -0.3 is 9.80 Å². The lowest BCUT2D eigenvalue weighted by atomic mass is 10.2. The Morgan fingerprint density at radius 1 is 1.27 bits per heavy atom. The Bertz CT molecular complexity index is 653. The van der Waals surface area contributed by atoms with Crippen molar-refractivity contribution in [2.75, 3.05) is 36.5 Å². The predicted molar refractivity (Wildman–Crippen MR) is 82.6 cm³/mol. The Kier molecular flexibility index (Phi) is 4.03. The maximum atomic E-state index is 12.4. The summed E-state index contributed by atoms with van der Waals surface area (Å²) in [4.78, 5) is 24.5. The van der Waals surface area contributed by atoms with Gasteiger partial charge in [-0.15, -0.1) is 0 Å². The minimum atomic E-state index is -3.01. The van der Waals surface area contributed by atoms with Crippen molar-refractivity contribution < 1.29 is 13.2 Å². The van der Waals surface area contributed by atoms with Crippen molar-refractivity contribution in [1.29, 1.82) is 0 Å². The molecule has 22 heavy (non-hydrogen) atoms. The number of amides is 1. The second kappa shape index (κ2) is 5.83. The molecule has 1 unspecified atom stereocenters. The Labute approximate surface area is 130 Å². The molecular weight excluding hydrogens is 304 g/mol. The first-order chi connectivity index (χ1) is 10.5. The Morgan fingerprint density at radius 2 is 1.91 bits per heavy atom. The molecule has 1 atom stereocenters. The zero-order valence-electron chi connectivity index (χ0n) is 12.6. The van der Waals surface area contributed by atoms with Gasteiger partial charge in [0.15, 0.2) is 9.84 Å². The maximum Gasteiger partial charge on any atom is 0.257 e. The number of sulfone groups is 1. The van der Waals surface area contributed by atoms with Gasteiger partial charge in [0.05, 0.1) is 17.1 Å². The van der Waals surface area contributed by atoms with Crippen LogP contribution >= 0.6 is 0 Å². The van der Waals surface area contributed by atoms with Gasteiger partial charge in [-0.1, -0.05) is 0 Å². The number of anilines is 1. The first-order valence-electron chi connectivity index (χ1n) is 7.51. The molecule has 3 heterocycles. The summed E-state index contributed by atoms with van der Waals surface area (Å²) < 4.78 is 23.1. The van der Waals surface area contributed by atoms with Crippen molar-refractivity contribution in [3.63, 3.8) is 0 Å². The fraction of sp³-hybridized carbons (Fsp3) is 0.643. The topological polar surface area (TPSA) is 83.5 Å². The molecule has 2 aliphatic heterocycles. The van der Waals surface area contributed by atoms with Gasteiger partial charge in [-0.2, -0.15) is 0 Å².